The monoisotopic (exact) mass is 581 g/mol. The average molecular weight is 581 g/mol. The maximum absolute atomic E-state index is 13.7. The number of aryl methyl sites for hydroxylation is 1. The molecule has 0 spiro atoms. The number of benzene rings is 2. The van der Waals surface area contributed by atoms with Crippen molar-refractivity contribution in [2.24, 2.45) is 10.2 Å². The first-order valence-corrected chi connectivity index (χ1v) is 11.5. The summed E-state index contributed by atoms with van der Waals surface area (Å²) >= 11 is 0. The largest absolute Gasteiger partial charge is 0.573 e. The molecule has 0 aliphatic rings. The third-order valence-electron chi connectivity index (χ3n) is 4.98. The van der Waals surface area contributed by atoms with E-state index in [2.05, 4.69) is 50.5 Å². The number of aromatic nitrogens is 5. The molecule has 4 aromatic rings. The molecule has 2 heterocycles. The van der Waals surface area contributed by atoms with Gasteiger partial charge in [-0.25, -0.2) is 4.39 Å². The highest BCUT2D eigenvalue weighted by Gasteiger charge is 2.34. The van der Waals surface area contributed by atoms with Crippen LogP contribution in [0.4, 0.5) is 54.3 Å². The lowest BCUT2D eigenvalue weighted by molar-refractivity contribution is -0.274. The van der Waals surface area contributed by atoms with E-state index in [-0.39, 0.29) is 36.6 Å². The maximum atomic E-state index is 13.7. The predicted octanol–water partition coefficient (Wildman–Crippen LogP) is 6.67. The Morgan fingerprint density at radius 3 is 2.27 bits per heavy atom. The number of anilines is 3. The van der Waals surface area contributed by atoms with Crippen LogP contribution >= 0.6 is 0 Å². The zero-order valence-electron chi connectivity index (χ0n) is 20.8. The first-order valence-electron chi connectivity index (χ1n) is 11.5. The molecule has 2 aromatic carbocycles. The summed E-state index contributed by atoms with van der Waals surface area (Å²) in [5, 5.41) is 13.2. The van der Waals surface area contributed by atoms with E-state index in [4.69, 9.17) is 0 Å². The van der Waals surface area contributed by atoms with E-state index in [1.165, 1.54) is 18.3 Å². The van der Waals surface area contributed by atoms with Gasteiger partial charge in [0, 0.05) is 11.9 Å². The molecular formula is C24H18F7N9O. The van der Waals surface area contributed by atoms with Gasteiger partial charge in [0.1, 0.15) is 11.6 Å². The summed E-state index contributed by atoms with van der Waals surface area (Å²) in [6, 6.07) is 7.19. The molecule has 0 radical (unpaired) electrons. The van der Waals surface area contributed by atoms with E-state index in [0.29, 0.717) is 29.1 Å². The van der Waals surface area contributed by atoms with E-state index >= 15 is 0 Å². The zero-order chi connectivity index (χ0) is 29.6. The van der Waals surface area contributed by atoms with Crippen molar-refractivity contribution in [2.75, 3.05) is 10.6 Å². The number of azo groups is 1. The Kier molecular flexibility index (Phi) is 8.53. The summed E-state index contributed by atoms with van der Waals surface area (Å²) in [5.41, 5.74) is 0.0600. The topological polar surface area (TPSA) is 122 Å². The summed E-state index contributed by atoms with van der Waals surface area (Å²) in [5.74, 6) is -2.40. The van der Waals surface area contributed by atoms with Crippen molar-refractivity contribution in [1.82, 2.24) is 24.9 Å². The molecule has 10 nitrogen and oxygen atoms in total. The van der Waals surface area contributed by atoms with Crippen molar-refractivity contribution in [1.29, 1.82) is 0 Å². The highest BCUT2D eigenvalue weighted by molar-refractivity contribution is 5.56. The molecule has 214 valence electrons. The second-order valence-electron chi connectivity index (χ2n) is 8.19. The molecule has 4 rings (SSSR count). The Balaban J connectivity index is 1.54. The average Bonchev–Trinajstić information content (AvgIpc) is 2.89. The minimum atomic E-state index is -4.93. The van der Waals surface area contributed by atoms with Crippen molar-refractivity contribution in [3.05, 3.63) is 83.2 Å². The number of hydrogen-bond acceptors (Lipinski definition) is 10. The van der Waals surface area contributed by atoms with Crippen LogP contribution in [0, 0.1) is 12.7 Å². The summed E-state index contributed by atoms with van der Waals surface area (Å²) in [6.45, 7) is 1.81. The summed E-state index contributed by atoms with van der Waals surface area (Å²) in [6.07, 6.45) is -6.69. The normalized spacial score (nSPS) is 12.0. The van der Waals surface area contributed by atoms with Gasteiger partial charge >= 0.3 is 12.5 Å². The first kappa shape index (κ1) is 29.0. The number of halogens is 7. The van der Waals surface area contributed by atoms with Gasteiger partial charge in [-0.2, -0.15) is 33.2 Å². The fourth-order valence-corrected chi connectivity index (χ4v) is 3.15. The lowest BCUT2D eigenvalue weighted by Crippen LogP contribution is -2.16. The van der Waals surface area contributed by atoms with Crippen LogP contribution in [-0.4, -0.2) is 31.3 Å². The minimum Gasteiger partial charge on any atom is -0.406 e. The Morgan fingerprint density at radius 1 is 0.878 bits per heavy atom. The molecule has 41 heavy (non-hydrogen) atoms. The van der Waals surface area contributed by atoms with Crippen LogP contribution in [0.25, 0.3) is 0 Å². The van der Waals surface area contributed by atoms with Gasteiger partial charge in [-0.3, -0.25) is 9.97 Å². The van der Waals surface area contributed by atoms with E-state index in [0.717, 1.165) is 18.2 Å². The molecule has 0 unspecified atom stereocenters. The first-order chi connectivity index (χ1) is 19.3. The van der Waals surface area contributed by atoms with Gasteiger partial charge in [0.25, 0.3) is 5.95 Å². The molecule has 2 N–H and O–H groups in total. The van der Waals surface area contributed by atoms with E-state index in [9.17, 15) is 30.7 Å². The molecule has 0 amide bonds. The second kappa shape index (κ2) is 12.1. The zero-order valence-corrected chi connectivity index (χ0v) is 20.8. The third-order valence-corrected chi connectivity index (χ3v) is 4.98. The highest BCUT2D eigenvalue weighted by Crippen LogP contribution is 2.33. The van der Waals surface area contributed by atoms with Gasteiger partial charge in [0.2, 0.25) is 11.9 Å². The Hall–Kier alpha value is -4.96. The number of alkyl halides is 6. The Labute approximate surface area is 226 Å². The number of rotatable bonds is 9. The highest BCUT2D eigenvalue weighted by atomic mass is 19.4. The lowest BCUT2D eigenvalue weighted by atomic mass is 10.2. The summed E-state index contributed by atoms with van der Waals surface area (Å²) in [7, 11) is 0. The fourth-order valence-electron chi connectivity index (χ4n) is 3.15. The molecule has 17 heteroatoms. The standard InChI is InChI=1S/C24H18F7N9O/c1-13-9-33-16(11-32-13)12-34-20-37-21(36-15-4-7-19(25)18(8-15)23(26,27)28)39-22(38-20)40-35-10-14-2-5-17(6-3-14)41-24(29,30)31/h2-9,11H,10,12H2,1H3,(H2,34,36,37,38,39). The molecule has 0 saturated heterocycles. The van der Waals surface area contributed by atoms with Crippen molar-refractivity contribution in [2.45, 2.75) is 32.6 Å². The van der Waals surface area contributed by atoms with Gasteiger partial charge in [-0.15, -0.1) is 18.3 Å². The maximum Gasteiger partial charge on any atom is 0.573 e. The summed E-state index contributed by atoms with van der Waals surface area (Å²) in [4.78, 5) is 20.5. The molecule has 0 saturated carbocycles. The van der Waals surface area contributed by atoms with Gasteiger partial charge in [-0.05, 0) is 42.8 Å². The van der Waals surface area contributed by atoms with Crippen LogP contribution in [0.15, 0.2) is 65.1 Å². The lowest BCUT2D eigenvalue weighted by Gasteiger charge is -2.12. The van der Waals surface area contributed by atoms with Crippen molar-refractivity contribution in [3.8, 4) is 5.75 Å². The SMILES string of the molecule is Cc1cnc(CNc2nc(N=NCc3ccc(OC(F)(F)F)cc3)nc(Nc3ccc(F)c(C(F)(F)F)c3)n2)cn1. The summed E-state index contributed by atoms with van der Waals surface area (Å²) < 4.78 is 93.9. The number of nitrogens with one attached hydrogen (secondary N) is 2. The van der Waals surface area contributed by atoms with E-state index in [1.807, 2.05) is 0 Å². The van der Waals surface area contributed by atoms with Crippen LogP contribution < -0.4 is 15.4 Å². The molecule has 0 bridgehead atoms. The van der Waals surface area contributed by atoms with Crippen LogP contribution in [-0.2, 0) is 19.3 Å². The van der Waals surface area contributed by atoms with Crippen molar-refractivity contribution in [3.63, 3.8) is 0 Å². The second-order valence-corrected chi connectivity index (χ2v) is 8.19. The van der Waals surface area contributed by atoms with Crippen LogP contribution in [0.3, 0.4) is 0 Å². The smallest absolute Gasteiger partial charge is 0.406 e. The van der Waals surface area contributed by atoms with E-state index in [1.54, 1.807) is 13.1 Å². The van der Waals surface area contributed by atoms with Gasteiger partial charge in [0.05, 0.1) is 36.2 Å². The molecule has 0 atom stereocenters. The minimum absolute atomic E-state index is 0.0503. The number of hydrogen-bond donors (Lipinski definition) is 2. The molecule has 0 aliphatic carbocycles. The number of ether oxygens (including phenoxy) is 1. The van der Waals surface area contributed by atoms with Crippen molar-refractivity contribution >= 4 is 23.5 Å². The van der Waals surface area contributed by atoms with E-state index < -0.39 is 29.7 Å². The molecule has 0 fully saturated rings. The fraction of sp³-hybridized carbons (Fsp3) is 0.208. The number of nitrogens with zero attached hydrogens (tertiary/aromatic N) is 7. The van der Waals surface area contributed by atoms with Crippen LogP contribution in [0.5, 0.6) is 5.75 Å². The van der Waals surface area contributed by atoms with Crippen LogP contribution in [0.1, 0.15) is 22.5 Å². The molecule has 0 aliphatic heterocycles. The quantitative estimate of drug-likeness (QED) is 0.166. The van der Waals surface area contributed by atoms with Gasteiger partial charge in [0.15, 0.2) is 0 Å². The molecule has 2 aromatic heterocycles. The predicted molar refractivity (Wildman–Crippen MR) is 130 cm³/mol. The van der Waals surface area contributed by atoms with Crippen molar-refractivity contribution < 1.29 is 35.5 Å². The molecular weight excluding hydrogens is 563 g/mol. The third kappa shape index (κ3) is 8.77. The Morgan fingerprint density at radius 2 is 1.61 bits per heavy atom. The van der Waals surface area contributed by atoms with Gasteiger partial charge in [-0.1, -0.05) is 12.1 Å². The van der Waals surface area contributed by atoms with Gasteiger partial charge < -0.3 is 15.4 Å². The Bertz CT molecular complexity index is 1510. The van der Waals surface area contributed by atoms with Crippen LogP contribution in [0.2, 0.25) is 0 Å².